The summed E-state index contributed by atoms with van der Waals surface area (Å²) in [5.74, 6) is -1.22. The van der Waals surface area contributed by atoms with E-state index in [1.807, 2.05) is 39.0 Å². The second-order valence-electron chi connectivity index (χ2n) is 15.4. The molecule has 4 aliphatic rings. The number of ether oxygens (including phenoxy) is 2. The van der Waals surface area contributed by atoms with Crippen molar-refractivity contribution in [3.8, 4) is 11.4 Å². The minimum absolute atomic E-state index is 0.00443. The summed E-state index contributed by atoms with van der Waals surface area (Å²) in [6.07, 6.45) is 1.16. The Kier molecular flexibility index (Phi) is 8.77. The zero-order valence-electron chi connectivity index (χ0n) is 30.1. The highest BCUT2D eigenvalue weighted by Crippen LogP contribution is 2.49. The lowest BCUT2D eigenvalue weighted by atomic mass is 9.81. The molecule has 2 N–H and O–H groups in total. The van der Waals surface area contributed by atoms with Crippen molar-refractivity contribution in [2.24, 2.45) is 5.41 Å². The fraction of sp³-hybridized carbons (Fsp3) is 0.425. The molecule has 0 saturated heterocycles. The number of fused-ring (bicyclic) bond motifs is 6. The number of carbonyl (C=O) groups excluding carboxylic acids is 3. The third-order valence-electron chi connectivity index (χ3n) is 11.2. The van der Waals surface area contributed by atoms with Gasteiger partial charge in [0.05, 0.1) is 40.3 Å². The van der Waals surface area contributed by atoms with Crippen molar-refractivity contribution in [3.63, 3.8) is 0 Å². The van der Waals surface area contributed by atoms with Crippen molar-refractivity contribution in [2.75, 3.05) is 0 Å². The van der Waals surface area contributed by atoms with Crippen LogP contribution in [0.15, 0.2) is 41.2 Å². The fourth-order valence-electron chi connectivity index (χ4n) is 8.16. The maximum Gasteiger partial charge on any atom is 0.407 e. The van der Waals surface area contributed by atoms with Crippen LogP contribution in [0, 0.1) is 18.2 Å². The molecule has 0 radical (unpaired) electrons. The number of benzene rings is 2. The summed E-state index contributed by atoms with van der Waals surface area (Å²) in [5, 5.41) is 15.0. The van der Waals surface area contributed by atoms with Gasteiger partial charge in [-0.2, -0.15) is 0 Å². The molecule has 53 heavy (non-hydrogen) atoms. The van der Waals surface area contributed by atoms with Gasteiger partial charge in [0.15, 0.2) is 5.60 Å². The average molecular weight is 758 g/mol. The van der Waals surface area contributed by atoms with E-state index in [9.17, 15) is 24.3 Å². The second kappa shape index (κ2) is 13.0. The Hall–Kier alpha value is -4.20. The monoisotopic (exact) mass is 757 g/mol. The minimum atomic E-state index is -1.99. The topological polar surface area (TPSA) is 137 Å². The van der Waals surface area contributed by atoms with Gasteiger partial charge in [0, 0.05) is 28.0 Å². The Morgan fingerprint density at radius 1 is 1.13 bits per heavy atom. The molecular weight excluding hydrogens is 718 g/mol. The number of alkyl carbamates (subject to hydrolysis) is 1. The fourth-order valence-corrected chi connectivity index (χ4v) is 11.3. The predicted molar refractivity (Wildman–Crippen MR) is 201 cm³/mol. The van der Waals surface area contributed by atoms with E-state index in [1.165, 1.54) is 33.2 Å². The number of nitrogens with one attached hydrogen (secondary N) is 1. The summed E-state index contributed by atoms with van der Waals surface area (Å²) in [6.45, 7) is 8.90. The number of rotatable bonds is 5. The van der Waals surface area contributed by atoms with E-state index in [2.05, 4.69) is 11.4 Å². The van der Waals surface area contributed by atoms with E-state index in [4.69, 9.17) is 14.5 Å². The molecule has 2 aromatic heterocycles. The van der Waals surface area contributed by atoms with Crippen LogP contribution in [0.2, 0.25) is 0 Å². The van der Waals surface area contributed by atoms with Gasteiger partial charge in [-0.3, -0.25) is 9.59 Å². The molecule has 4 atom stereocenters. The van der Waals surface area contributed by atoms with Gasteiger partial charge >= 0.3 is 12.1 Å². The van der Waals surface area contributed by atoms with Gasteiger partial charge in [0.2, 0.25) is 5.12 Å². The first kappa shape index (κ1) is 35.8. The van der Waals surface area contributed by atoms with E-state index in [0.717, 1.165) is 28.5 Å². The van der Waals surface area contributed by atoms with Crippen LogP contribution in [0.4, 0.5) is 9.18 Å². The summed E-state index contributed by atoms with van der Waals surface area (Å²) in [6, 6.07) is 10.5. The molecule has 10 nitrogen and oxygen atoms in total. The van der Waals surface area contributed by atoms with Crippen LogP contribution in [-0.4, -0.2) is 37.9 Å². The summed E-state index contributed by atoms with van der Waals surface area (Å²) in [5.41, 5.74) is 3.67. The Labute approximate surface area is 313 Å². The molecule has 276 valence electrons. The lowest BCUT2D eigenvalue weighted by Gasteiger charge is -2.34. The normalized spacial score (nSPS) is 22.7. The van der Waals surface area contributed by atoms with Gasteiger partial charge in [-0.15, -0.1) is 0 Å². The second-order valence-corrected chi connectivity index (χ2v) is 17.7. The highest BCUT2D eigenvalue weighted by molar-refractivity contribution is 8.82. The third kappa shape index (κ3) is 5.77. The molecule has 0 saturated carbocycles. The molecule has 4 aromatic rings. The summed E-state index contributed by atoms with van der Waals surface area (Å²) >= 11 is 0. The van der Waals surface area contributed by atoms with Crippen molar-refractivity contribution >= 4 is 49.7 Å². The SMILES string of the molecule is CC[C@@]1(O)C(=O)OCc2c1cc1n(c2=O)Cc2c-1nc1cc(F)c(C)c3c1c2[C@@H](NC(=O)O[C@H]1CCc2ccccc2[C@@H]1SSC(=O)C(C)(C)C)CC3. The third-order valence-corrected chi connectivity index (χ3v) is 14.2. The maximum absolute atomic E-state index is 15.4. The van der Waals surface area contributed by atoms with Crippen LogP contribution in [-0.2, 0) is 50.7 Å². The van der Waals surface area contributed by atoms with E-state index in [1.54, 1.807) is 24.5 Å². The number of pyridine rings is 2. The van der Waals surface area contributed by atoms with Crippen LogP contribution < -0.4 is 10.9 Å². The highest BCUT2D eigenvalue weighted by Gasteiger charge is 2.46. The number of aryl methyl sites for hydroxylation is 2. The van der Waals surface area contributed by atoms with Gasteiger partial charge in [-0.1, -0.05) is 62.8 Å². The zero-order valence-corrected chi connectivity index (χ0v) is 31.8. The van der Waals surface area contributed by atoms with Crippen LogP contribution in [0.3, 0.4) is 0 Å². The summed E-state index contributed by atoms with van der Waals surface area (Å²) < 4.78 is 28.4. The van der Waals surface area contributed by atoms with Gasteiger partial charge in [-0.25, -0.2) is 19.0 Å². The Balaban J connectivity index is 1.16. The molecule has 8 rings (SSSR count). The first-order valence-corrected chi connectivity index (χ1v) is 20.2. The molecule has 0 bridgehead atoms. The van der Waals surface area contributed by atoms with Crippen molar-refractivity contribution < 1.29 is 33.4 Å². The summed E-state index contributed by atoms with van der Waals surface area (Å²) in [7, 11) is 2.61. The lowest BCUT2D eigenvalue weighted by molar-refractivity contribution is -0.172. The van der Waals surface area contributed by atoms with E-state index in [0.29, 0.717) is 47.3 Å². The summed E-state index contributed by atoms with van der Waals surface area (Å²) in [4.78, 5) is 58.5. The van der Waals surface area contributed by atoms with Crippen LogP contribution in [0.1, 0.15) is 103 Å². The van der Waals surface area contributed by atoms with Crippen molar-refractivity contribution in [1.82, 2.24) is 14.9 Å². The molecule has 4 heterocycles. The first-order chi connectivity index (χ1) is 25.2. The number of nitrogens with zero attached hydrogens (tertiary/aromatic N) is 2. The van der Waals surface area contributed by atoms with E-state index in [-0.39, 0.29) is 41.1 Å². The number of esters is 1. The van der Waals surface area contributed by atoms with E-state index < -0.39 is 46.6 Å². The molecular formula is C40H40FN3O7S2. The average Bonchev–Trinajstić information content (AvgIpc) is 3.50. The van der Waals surface area contributed by atoms with Gasteiger partial charge in [0.1, 0.15) is 18.5 Å². The number of hydrogen-bond donors (Lipinski definition) is 2. The number of hydrogen-bond acceptors (Lipinski definition) is 10. The number of carbonyl (C=O) groups is 3. The maximum atomic E-state index is 15.4. The lowest BCUT2D eigenvalue weighted by Crippen LogP contribution is -2.44. The Morgan fingerprint density at radius 3 is 2.66 bits per heavy atom. The molecule has 1 amide bonds. The predicted octanol–water partition coefficient (Wildman–Crippen LogP) is 7.25. The molecule has 0 unspecified atom stereocenters. The smallest absolute Gasteiger partial charge is 0.407 e. The molecule has 0 spiro atoms. The molecule has 2 aromatic carbocycles. The Morgan fingerprint density at radius 2 is 1.91 bits per heavy atom. The van der Waals surface area contributed by atoms with Gasteiger partial charge in [0.25, 0.3) is 5.56 Å². The molecule has 2 aliphatic heterocycles. The van der Waals surface area contributed by atoms with Crippen LogP contribution >= 0.6 is 21.6 Å². The zero-order chi connectivity index (χ0) is 37.6. The molecule has 13 heteroatoms. The van der Waals surface area contributed by atoms with Crippen LogP contribution in [0.5, 0.6) is 0 Å². The number of cyclic esters (lactones) is 1. The van der Waals surface area contributed by atoms with Gasteiger partial charge in [-0.05, 0) is 83.7 Å². The van der Waals surface area contributed by atoms with Crippen molar-refractivity contribution in [3.05, 3.63) is 97.1 Å². The van der Waals surface area contributed by atoms with E-state index >= 15 is 4.39 Å². The van der Waals surface area contributed by atoms with Gasteiger partial charge < -0.3 is 24.5 Å². The first-order valence-electron chi connectivity index (χ1n) is 18.0. The highest BCUT2D eigenvalue weighted by atomic mass is 33.1. The largest absolute Gasteiger partial charge is 0.458 e. The Bertz CT molecular complexity index is 2320. The standard InChI is InChI=1S/C40H40FN3O7S2/c1-6-40(49)25-15-29-33-23(17-44(29)35(45)24(25)18-50-36(40)46)32-27(13-12-21-19(2)26(41)16-28(42-33)31(21)32)43-38(48)51-30-14-11-20-9-7-8-10-22(20)34(30)52-53-37(47)39(3,4)5/h7-10,15-16,27,30,34,49H,6,11-14,17-18H2,1-5H3,(H,43,48)/t27-,30-,34-,40-/m0/s1. The quantitative estimate of drug-likeness (QED) is 0.139. The minimum Gasteiger partial charge on any atom is -0.458 e. The number of aromatic nitrogens is 2. The van der Waals surface area contributed by atoms with Crippen LogP contribution in [0.25, 0.3) is 22.3 Å². The van der Waals surface area contributed by atoms with Crippen molar-refractivity contribution in [1.29, 1.82) is 0 Å². The molecule has 0 fully saturated rings. The number of halogens is 1. The van der Waals surface area contributed by atoms with Crippen molar-refractivity contribution in [2.45, 2.75) is 103 Å². The molecule has 2 aliphatic carbocycles. The number of amides is 1. The number of aliphatic hydroxyl groups is 1.